The molecule has 0 aromatic heterocycles. The zero-order valence-electron chi connectivity index (χ0n) is 8.89. The predicted octanol–water partition coefficient (Wildman–Crippen LogP) is 2.62. The van der Waals surface area contributed by atoms with Gasteiger partial charge in [-0.25, -0.2) is 4.39 Å². The van der Waals surface area contributed by atoms with E-state index in [-0.39, 0.29) is 22.6 Å². The summed E-state index contributed by atoms with van der Waals surface area (Å²) in [6, 6.07) is 0.920. The van der Waals surface area contributed by atoms with Crippen LogP contribution in [0.3, 0.4) is 0 Å². The molecule has 1 atom stereocenters. The second kappa shape index (κ2) is 4.47. The largest absolute Gasteiger partial charge is 0.504 e. The van der Waals surface area contributed by atoms with Crippen LogP contribution in [-0.2, 0) is 0 Å². The van der Waals surface area contributed by atoms with E-state index >= 15 is 0 Å². The number of ether oxygens (including phenoxy) is 1. The first-order valence-electron chi connectivity index (χ1n) is 5.13. The molecule has 2 N–H and O–H groups in total. The maximum absolute atomic E-state index is 13.4. The summed E-state index contributed by atoms with van der Waals surface area (Å²) in [7, 11) is 1.43. The maximum atomic E-state index is 13.4. The van der Waals surface area contributed by atoms with E-state index in [9.17, 15) is 9.50 Å². The van der Waals surface area contributed by atoms with Crippen molar-refractivity contribution in [1.29, 1.82) is 0 Å². The summed E-state index contributed by atoms with van der Waals surface area (Å²) in [6.07, 6.45) is 1.86. The molecule has 1 aromatic rings. The number of phenolic OH excluding ortho intramolecular Hbond substituents is 1. The highest BCUT2D eigenvalue weighted by Crippen LogP contribution is 2.42. The van der Waals surface area contributed by atoms with Crippen molar-refractivity contribution in [2.45, 2.75) is 18.9 Å². The monoisotopic (exact) mass is 245 g/mol. The van der Waals surface area contributed by atoms with Gasteiger partial charge >= 0.3 is 0 Å². The van der Waals surface area contributed by atoms with Gasteiger partial charge in [-0.15, -0.1) is 0 Å². The molecule has 1 unspecified atom stereocenters. The lowest BCUT2D eigenvalue weighted by Crippen LogP contribution is -2.15. The van der Waals surface area contributed by atoms with Gasteiger partial charge in [-0.2, -0.15) is 0 Å². The fourth-order valence-corrected chi connectivity index (χ4v) is 2.34. The molecule has 1 aliphatic rings. The summed E-state index contributed by atoms with van der Waals surface area (Å²) in [4.78, 5) is 0. The lowest BCUT2D eigenvalue weighted by atomic mass is 10.0. The van der Waals surface area contributed by atoms with Crippen molar-refractivity contribution in [2.75, 3.05) is 13.7 Å². The standard InChI is InChI=1S/C11H13ClFNO2/c1-16-11-8(15)5-6(13)10(12)9(11)7-3-2-4-14-7/h5,7,14-15H,2-4H2,1H3. The van der Waals surface area contributed by atoms with E-state index in [1.807, 2.05) is 0 Å². The average Bonchev–Trinajstić information content (AvgIpc) is 2.76. The molecule has 1 aromatic carbocycles. The summed E-state index contributed by atoms with van der Waals surface area (Å²) >= 11 is 5.92. The van der Waals surface area contributed by atoms with Crippen molar-refractivity contribution >= 4 is 11.6 Å². The number of benzene rings is 1. The summed E-state index contributed by atoms with van der Waals surface area (Å²) < 4.78 is 18.5. The van der Waals surface area contributed by atoms with Crippen molar-refractivity contribution in [2.24, 2.45) is 0 Å². The van der Waals surface area contributed by atoms with Gasteiger partial charge in [-0.3, -0.25) is 0 Å². The Morgan fingerprint density at radius 1 is 1.62 bits per heavy atom. The van der Waals surface area contributed by atoms with Crippen molar-refractivity contribution in [3.63, 3.8) is 0 Å². The molecular formula is C11H13ClFNO2. The number of methoxy groups -OCH3 is 1. The van der Waals surface area contributed by atoms with Gasteiger partial charge in [0.1, 0.15) is 5.82 Å². The van der Waals surface area contributed by atoms with Crippen LogP contribution in [0.15, 0.2) is 6.07 Å². The molecule has 0 spiro atoms. The third-order valence-electron chi connectivity index (χ3n) is 2.80. The molecular weight excluding hydrogens is 233 g/mol. The van der Waals surface area contributed by atoms with Crippen LogP contribution in [0.5, 0.6) is 11.5 Å². The minimum absolute atomic E-state index is 0.0223. The SMILES string of the molecule is COc1c(O)cc(F)c(Cl)c1C1CCCN1. The van der Waals surface area contributed by atoms with Crippen LogP contribution < -0.4 is 10.1 Å². The molecule has 3 nitrogen and oxygen atoms in total. The Labute approximate surface area is 98.2 Å². The van der Waals surface area contributed by atoms with E-state index in [1.165, 1.54) is 7.11 Å². The van der Waals surface area contributed by atoms with Crippen molar-refractivity contribution < 1.29 is 14.2 Å². The van der Waals surface area contributed by atoms with Crippen molar-refractivity contribution in [3.05, 3.63) is 22.5 Å². The number of aromatic hydroxyl groups is 1. The molecule has 1 heterocycles. The third-order valence-corrected chi connectivity index (χ3v) is 3.18. The minimum Gasteiger partial charge on any atom is -0.504 e. The number of nitrogens with one attached hydrogen (secondary N) is 1. The number of hydrogen-bond donors (Lipinski definition) is 2. The Morgan fingerprint density at radius 2 is 2.38 bits per heavy atom. The van der Waals surface area contributed by atoms with Gasteiger partial charge in [0.15, 0.2) is 11.5 Å². The molecule has 1 fully saturated rings. The smallest absolute Gasteiger partial charge is 0.166 e. The first-order valence-corrected chi connectivity index (χ1v) is 5.51. The topological polar surface area (TPSA) is 41.5 Å². The Kier molecular flexibility index (Phi) is 3.21. The Hall–Kier alpha value is -1.00. The molecule has 0 radical (unpaired) electrons. The van der Waals surface area contributed by atoms with Gasteiger partial charge < -0.3 is 15.2 Å². The van der Waals surface area contributed by atoms with E-state index in [2.05, 4.69) is 5.32 Å². The molecule has 0 bridgehead atoms. The summed E-state index contributed by atoms with van der Waals surface area (Å²) in [6.45, 7) is 0.863. The Bertz CT molecular complexity index is 405. The first-order chi connectivity index (χ1) is 7.65. The molecule has 1 saturated heterocycles. The van der Waals surface area contributed by atoms with E-state index in [4.69, 9.17) is 16.3 Å². The maximum Gasteiger partial charge on any atom is 0.166 e. The first kappa shape index (κ1) is 11.5. The molecule has 1 aliphatic heterocycles. The molecule has 88 valence electrons. The van der Waals surface area contributed by atoms with Gasteiger partial charge in [0.25, 0.3) is 0 Å². The second-order valence-corrected chi connectivity index (χ2v) is 4.17. The van der Waals surface area contributed by atoms with Gasteiger partial charge in [0, 0.05) is 17.7 Å². The van der Waals surface area contributed by atoms with Gasteiger partial charge in [0.05, 0.1) is 12.1 Å². The van der Waals surface area contributed by atoms with Crippen molar-refractivity contribution in [1.82, 2.24) is 5.32 Å². The van der Waals surface area contributed by atoms with Crippen LogP contribution >= 0.6 is 11.6 Å². The Morgan fingerprint density at radius 3 is 2.94 bits per heavy atom. The number of halogens is 2. The van der Waals surface area contributed by atoms with Crippen LogP contribution in [0.2, 0.25) is 5.02 Å². The van der Waals surface area contributed by atoms with Crippen LogP contribution in [0.4, 0.5) is 4.39 Å². The summed E-state index contributed by atoms with van der Waals surface area (Å²) in [5, 5.41) is 12.8. The van der Waals surface area contributed by atoms with E-state index in [0.717, 1.165) is 25.5 Å². The third kappa shape index (κ3) is 1.83. The van der Waals surface area contributed by atoms with Crippen LogP contribution in [0.1, 0.15) is 24.4 Å². The van der Waals surface area contributed by atoms with E-state index in [0.29, 0.717) is 5.56 Å². The minimum atomic E-state index is -0.622. The number of hydrogen-bond acceptors (Lipinski definition) is 3. The van der Waals surface area contributed by atoms with Gasteiger partial charge in [-0.05, 0) is 19.4 Å². The highest BCUT2D eigenvalue weighted by Gasteiger charge is 2.26. The molecule has 5 heteroatoms. The molecule has 0 aliphatic carbocycles. The molecule has 0 saturated carbocycles. The molecule has 2 rings (SSSR count). The normalized spacial score (nSPS) is 20.1. The number of rotatable bonds is 2. The second-order valence-electron chi connectivity index (χ2n) is 3.79. The van der Waals surface area contributed by atoms with Gasteiger partial charge in [0.2, 0.25) is 0 Å². The lowest BCUT2D eigenvalue weighted by Gasteiger charge is -2.18. The summed E-state index contributed by atoms with van der Waals surface area (Å²) in [5.41, 5.74) is 0.513. The zero-order chi connectivity index (χ0) is 11.7. The fraction of sp³-hybridized carbons (Fsp3) is 0.455. The summed E-state index contributed by atoms with van der Waals surface area (Å²) in [5.74, 6) is -0.581. The predicted molar refractivity (Wildman–Crippen MR) is 59.6 cm³/mol. The zero-order valence-corrected chi connectivity index (χ0v) is 9.64. The van der Waals surface area contributed by atoms with Crippen LogP contribution in [0.25, 0.3) is 0 Å². The quantitative estimate of drug-likeness (QED) is 0.842. The lowest BCUT2D eigenvalue weighted by molar-refractivity contribution is 0.362. The fourth-order valence-electron chi connectivity index (χ4n) is 2.07. The highest BCUT2D eigenvalue weighted by atomic mass is 35.5. The number of phenols is 1. The van der Waals surface area contributed by atoms with Crippen LogP contribution in [-0.4, -0.2) is 18.8 Å². The molecule has 16 heavy (non-hydrogen) atoms. The van der Waals surface area contributed by atoms with E-state index in [1.54, 1.807) is 0 Å². The van der Waals surface area contributed by atoms with Crippen molar-refractivity contribution in [3.8, 4) is 11.5 Å². The van der Waals surface area contributed by atoms with Gasteiger partial charge in [-0.1, -0.05) is 11.6 Å². The van der Waals surface area contributed by atoms with E-state index < -0.39 is 5.82 Å². The average molecular weight is 246 g/mol. The molecule has 0 amide bonds. The highest BCUT2D eigenvalue weighted by molar-refractivity contribution is 6.31. The van der Waals surface area contributed by atoms with Crippen LogP contribution in [0, 0.1) is 5.82 Å². The Balaban J connectivity index is 2.54.